The van der Waals surface area contributed by atoms with Crippen molar-refractivity contribution in [3.05, 3.63) is 77.2 Å². The Kier molecular flexibility index (Phi) is 5.31. The summed E-state index contributed by atoms with van der Waals surface area (Å²) in [4.78, 5) is 33.0. The van der Waals surface area contributed by atoms with E-state index in [2.05, 4.69) is 26.0 Å². The van der Waals surface area contributed by atoms with Gasteiger partial charge in [-0.15, -0.1) is 0 Å². The summed E-state index contributed by atoms with van der Waals surface area (Å²) in [5.41, 5.74) is 3.35. The lowest BCUT2D eigenvalue weighted by Gasteiger charge is -2.13. The van der Waals surface area contributed by atoms with Crippen LogP contribution < -0.4 is 10.9 Å². The molecular formula is C21H14F3N5O3. The van der Waals surface area contributed by atoms with Crippen LogP contribution in [0.1, 0.15) is 32.1 Å². The van der Waals surface area contributed by atoms with Crippen LogP contribution in [-0.2, 0) is 6.18 Å². The zero-order valence-corrected chi connectivity index (χ0v) is 16.4. The molecule has 0 saturated heterocycles. The Morgan fingerprint density at radius 1 is 1.00 bits per heavy atom. The molecule has 0 bridgehead atoms. The number of aromatic nitrogens is 3. The van der Waals surface area contributed by atoms with E-state index >= 15 is 0 Å². The van der Waals surface area contributed by atoms with Crippen molar-refractivity contribution in [2.45, 2.75) is 13.1 Å². The highest BCUT2D eigenvalue weighted by atomic mass is 19.4. The average Bonchev–Trinajstić information content (AvgIpc) is 3.17. The lowest BCUT2D eigenvalue weighted by Crippen LogP contribution is -2.42. The monoisotopic (exact) mass is 441 g/mol. The van der Waals surface area contributed by atoms with Crippen molar-refractivity contribution in [1.82, 2.24) is 26.0 Å². The molecule has 0 aliphatic heterocycles. The van der Waals surface area contributed by atoms with Gasteiger partial charge in [-0.25, -0.2) is 4.98 Å². The van der Waals surface area contributed by atoms with Crippen LogP contribution >= 0.6 is 0 Å². The number of hydrogen-bond acceptors (Lipinski definition) is 6. The molecule has 2 amide bonds. The maximum absolute atomic E-state index is 13.5. The summed E-state index contributed by atoms with van der Waals surface area (Å²) in [6, 6.07) is 10.7. The zero-order chi connectivity index (χ0) is 22.9. The number of aryl methyl sites for hydroxylation is 1. The molecule has 32 heavy (non-hydrogen) atoms. The predicted molar refractivity (Wildman–Crippen MR) is 106 cm³/mol. The molecule has 1 aromatic carbocycles. The van der Waals surface area contributed by atoms with Crippen molar-refractivity contribution in [3.63, 3.8) is 0 Å². The quantitative estimate of drug-likeness (QED) is 0.470. The highest BCUT2D eigenvalue weighted by molar-refractivity contribution is 6.07. The SMILES string of the molecule is Cc1noc2nc(-c3ccccc3C(F)(F)F)cc(C(=O)NNC(=O)c3ccccn3)c12. The van der Waals surface area contributed by atoms with E-state index in [-0.39, 0.29) is 33.6 Å². The standard InChI is InChI=1S/C21H14F3N5O3/c1-11-17-13(18(30)27-28-19(31)15-8-4-5-9-25-15)10-16(26-20(17)32-29-11)12-6-2-3-7-14(12)21(22,23)24/h2-10H,1H3,(H,27,30)(H,28,31). The molecule has 11 heteroatoms. The Bertz CT molecular complexity index is 1320. The highest BCUT2D eigenvalue weighted by Crippen LogP contribution is 2.37. The topological polar surface area (TPSA) is 110 Å². The van der Waals surface area contributed by atoms with Crippen LogP contribution in [-0.4, -0.2) is 26.9 Å². The van der Waals surface area contributed by atoms with E-state index in [0.29, 0.717) is 5.69 Å². The van der Waals surface area contributed by atoms with Crippen LogP contribution in [0, 0.1) is 6.92 Å². The van der Waals surface area contributed by atoms with Crippen LogP contribution in [0.2, 0.25) is 0 Å². The third kappa shape index (κ3) is 4.00. The molecule has 0 saturated carbocycles. The lowest BCUT2D eigenvalue weighted by molar-refractivity contribution is -0.137. The molecule has 0 unspecified atom stereocenters. The Morgan fingerprint density at radius 2 is 1.72 bits per heavy atom. The number of nitrogens with zero attached hydrogens (tertiary/aromatic N) is 3. The normalized spacial score (nSPS) is 11.4. The number of amides is 2. The van der Waals surface area contributed by atoms with Gasteiger partial charge in [0.15, 0.2) is 0 Å². The molecule has 4 aromatic rings. The lowest BCUT2D eigenvalue weighted by atomic mass is 10.0. The van der Waals surface area contributed by atoms with Crippen molar-refractivity contribution in [2.24, 2.45) is 0 Å². The molecule has 3 aromatic heterocycles. The van der Waals surface area contributed by atoms with Gasteiger partial charge in [0.25, 0.3) is 17.5 Å². The molecule has 4 rings (SSSR count). The number of benzene rings is 1. The van der Waals surface area contributed by atoms with Crippen LogP contribution in [0.5, 0.6) is 0 Å². The number of nitrogens with one attached hydrogen (secondary N) is 2. The third-order valence-corrected chi connectivity index (χ3v) is 4.56. The molecule has 0 aliphatic carbocycles. The number of pyridine rings is 2. The van der Waals surface area contributed by atoms with Crippen LogP contribution in [0.25, 0.3) is 22.4 Å². The first-order valence-corrected chi connectivity index (χ1v) is 9.21. The summed E-state index contributed by atoms with van der Waals surface area (Å²) in [7, 11) is 0. The van der Waals surface area contributed by atoms with E-state index < -0.39 is 23.6 Å². The molecule has 0 atom stereocenters. The fraction of sp³-hybridized carbons (Fsp3) is 0.0952. The number of carbonyl (C=O) groups excluding carboxylic acids is 2. The van der Waals surface area contributed by atoms with E-state index in [0.717, 1.165) is 6.07 Å². The molecule has 3 heterocycles. The van der Waals surface area contributed by atoms with Gasteiger partial charge >= 0.3 is 6.18 Å². The number of halogens is 3. The maximum atomic E-state index is 13.5. The second-order valence-corrected chi connectivity index (χ2v) is 6.67. The Hall–Kier alpha value is -4.28. The third-order valence-electron chi connectivity index (χ3n) is 4.56. The van der Waals surface area contributed by atoms with E-state index in [1.54, 1.807) is 19.1 Å². The Balaban J connectivity index is 1.73. The molecule has 162 valence electrons. The van der Waals surface area contributed by atoms with E-state index in [1.807, 2.05) is 0 Å². The summed E-state index contributed by atoms with van der Waals surface area (Å²) in [6.45, 7) is 1.56. The maximum Gasteiger partial charge on any atom is 0.417 e. The van der Waals surface area contributed by atoms with Gasteiger partial charge in [0.2, 0.25) is 0 Å². The number of rotatable bonds is 3. The van der Waals surface area contributed by atoms with Crippen molar-refractivity contribution < 1.29 is 27.3 Å². The van der Waals surface area contributed by atoms with Gasteiger partial charge in [-0.1, -0.05) is 29.4 Å². The first-order valence-electron chi connectivity index (χ1n) is 9.21. The zero-order valence-electron chi connectivity index (χ0n) is 16.4. The average molecular weight is 441 g/mol. The number of carbonyl (C=O) groups is 2. The molecule has 2 N–H and O–H groups in total. The largest absolute Gasteiger partial charge is 0.417 e. The first-order chi connectivity index (χ1) is 15.3. The number of fused-ring (bicyclic) bond motifs is 1. The minimum atomic E-state index is -4.64. The summed E-state index contributed by atoms with van der Waals surface area (Å²) in [5.74, 6) is -1.47. The molecule has 8 nitrogen and oxygen atoms in total. The Morgan fingerprint density at radius 3 is 2.44 bits per heavy atom. The predicted octanol–water partition coefficient (Wildman–Crippen LogP) is 3.69. The van der Waals surface area contributed by atoms with Crippen LogP contribution in [0.4, 0.5) is 13.2 Å². The van der Waals surface area contributed by atoms with Gasteiger partial charge < -0.3 is 4.52 Å². The fourth-order valence-electron chi connectivity index (χ4n) is 3.11. The minimum Gasteiger partial charge on any atom is -0.335 e. The van der Waals surface area contributed by atoms with Crippen LogP contribution in [0.15, 0.2) is 59.3 Å². The van der Waals surface area contributed by atoms with Gasteiger partial charge in [0.05, 0.1) is 27.9 Å². The molecule has 0 radical (unpaired) electrons. The van der Waals surface area contributed by atoms with E-state index in [4.69, 9.17) is 4.52 Å². The van der Waals surface area contributed by atoms with Gasteiger partial charge in [-0.3, -0.25) is 25.4 Å². The minimum absolute atomic E-state index is 0.0635. The van der Waals surface area contributed by atoms with Crippen molar-refractivity contribution in [3.8, 4) is 11.3 Å². The summed E-state index contributed by atoms with van der Waals surface area (Å²) in [5, 5.41) is 3.96. The molecule has 0 spiro atoms. The van der Waals surface area contributed by atoms with Crippen molar-refractivity contribution in [2.75, 3.05) is 0 Å². The smallest absolute Gasteiger partial charge is 0.335 e. The van der Waals surface area contributed by atoms with Gasteiger partial charge in [0.1, 0.15) is 5.69 Å². The van der Waals surface area contributed by atoms with Crippen molar-refractivity contribution in [1.29, 1.82) is 0 Å². The van der Waals surface area contributed by atoms with E-state index in [1.165, 1.54) is 36.5 Å². The number of hydrogen-bond donors (Lipinski definition) is 2. The second-order valence-electron chi connectivity index (χ2n) is 6.67. The van der Waals surface area contributed by atoms with Gasteiger partial charge in [0, 0.05) is 11.8 Å². The number of alkyl halides is 3. The molecule has 0 aliphatic rings. The van der Waals surface area contributed by atoms with E-state index in [9.17, 15) is 22.8 Å². The Labute approximate surface area is 178 Å². The van der Waals surface area contributed by atoms with Gasteiger partial charge in [-0.05, 0) is 31.2 Å². The first kappa shape index (κ1) is 21.0. The fourth-order valence-corrected chi connectivity index (χ4v) is 3.11. The van der Waals surface area contributed by atoms with Crippen molar-refractivity contribution >= 4 is 22.9 Å². The summed E-state index contributed by atoms with van der Waals surface area (Å²) in [6.07, 6.45) is -3.22. The van der Waals surface area contributed by atoms with Gasteiger partial charge in [-0.2, -0.15) is 13.2 Å². The van der Waals surface area contributed by atoms with Crippen LogP contribution in [0.3, 0.4) is 0 Å². The highest BCUT2D eigenvalue weighted by Gasteiger charge is 2.34. The second kappa shape index (κ2) is 8.10. The molecular weight excluding hydrogens is 427 g/mol. The summed E-state index contributed by atoms with van der Waals surface area (Å²) < 4.78 is 45.6. The summed E-state index contributed by atoms with van der Waals surface area (Å²) >= 11 is 0. The number of hydrazine groups is 1. The molecule has 0 fully saturated rings.